The SMILES string of the molecule is CC/C=C/C/C=C/C/C=C/C/C=C/C/C=C/C/C=C/CCC(=O)OC(COCCC(C(=O)O)[N+](C)(C)C)COC(=O)CCCCCCCCC/C=C/CCCCCCCCCCC. The Hall–Kier alpha value is -3.49. The van der Waals surface area contributed by atoms with Gasteiger partial charge in [0.2, 0.25) is 0 Å². The highest BCUT2D eigenvalue weighted by atomic mass is 16.6. The molecule has 1 N–H and O–H groups in total. The van der Waals surface area contributed by atoms with E-state index in [4.69, 9.17) is 14.2 Å². The maximum Gasteiger partial charge on any atom is 0.362 e. The first-order valence-corrected chi connectivity index (χ1v) is 25.1. The molecule has 0 saturated carbocycles. The first-order valence-electron chi connectivity index (χ1n) is 25.1. The molecule has 0 bridgehead atoms. The van der Waals surface area contributed by atoms with Crippen LogP contribution in [0.5, 0.6) is 0 Å². The fraction of sp³-hybridized carbons (Fsp3) is 0.691. The number of rotatable bonds is 44. The van der Waals surface area contributed by atoms with Crippen molar-refractivity contribution < 1.29 is 38.2 Å². The third-order valence-electron chi connectivity index (χ3n) is 10.8. The average molecular weight is 881 g/mol. The number of quaternary nitrogens is 1. The van der Waals surface area contributed by atoms with Gasteiger partial charge < -0.3 is 23.8 Å². The molecular weight excluding hydrogens is 787 g/mol. The number of nitrogens with zero attached hydrogens (tertiary/aromatic N) is 1. The lowest BCUT2D eigenvalue weighted by atomic mass is 10.1. The molecule has 0 amide bonds. The summed E-state index contributed by atoms with van der Waals surface area (Å²) in [4.78, 5) is 37.1. The van der Waals surface area contributed by atoms with Crippen LogP contribution in [0, 0.1) is 0 Å². The molecule has 0 aliphatic heterocycles. The number of carbonyl (C=O) groups excluding carboxylic acids is 2. The van der Waals surface area contributed by atoms with Crippen molar-refractivity contribution in [3.05, 3.63) is 85.1 Å². The lowest BCUT2D eigenvalue weighted by molar-refractivity contribution is -0.887. The summed E-state index contributed by atoms with van der Waals surface area (Å²) in [7, 11) is 5.50. The van der Waals surface area contributed by atoms with E-state index in [1.165, 1.54) is 96.3 Å². The number of hydrogen-bond acceptors (Lipinski definition) is 6. The third kappa shape index (κ3) is 43.5. The molecule has 0 aromatic heterocycles. The number of aliphatic carboxylic acids is 1. The van der Waals surface area contributed by atoms with Crippen LogP contribution in [-0.4, -0.2) is 80.6 Å². The van der Waals surface area contributed by atoms with Gasteiger partial charge in [0.05, 0.1) is 34.4 Å². The summed E-state index contributed by atoms with van der Waals surface area (Å²) in [6, 6.07) is -0.633. The summed E-state index contributed by atoms with van der Waals surface area (Å²) in [5.41, 5.74) is 0. The Labute approximate surface area is 386 Å². The molecule has 0 spiro atoms. The Morgan fingerprint density at radius 1 is 0.492 bits per heavy atom. The van der Waals surface area contributed by atoms with Gasteiger partial charge in [0.1, 0.15) is 6.61 Å². The summed E-state index contributed by atoms with van der Waals surface area (Å²) in [5.74, 6) is -1.59. The van der Waals surface area contributed by atoms with Crippen LogP contribution in [0.25, 0.3) is 0 Å². The average Bonchev–Trinajstić information content (AvgIpc) is 3.24. The number of allylic oxidation sites excluding steroid dienone is 14. The molecule has 0 saturated heterocycles. The molecule has 2 atom stereocenters. The zero-order chi connectivity index (χ0) is 46.3. The van der Waals surface area contributed by atoms with Gasteiger partial charge in [-0.05, 0) is 77.0 Å². The van der Waals surface area contributed by atoms with Gasteiger partial charge in [0.25, 0.3) is 0 Å². The Balaban J connectivity index is 4.39. The number of likely N-dealkylation sites (N-methyl/N-ethyl adjacent to an activating group) is 1. The van der Waals surface area contributed by atoms with Crippen LogP contribution in [0.3, 0.4) is 0 Å². The van der Waals surface area contributed by atoms with E-state index in [9.17, 15) is 19.5 Å². The number of unbranched alkanes of at least 4 members (excludes halogenated alkanes) is 16. The summed E-state index contributed by atoms with van der Waals surface area (Å²) in [6.45, 7) is 4.54. The van der Waals surface area contributed by atoms with Crippen molar-refractivity contribution in [3.8, 4) is 0 Å². The van der Waals surface area contributed by atoms with Gasteiger partial charge in [-0.2, -0.15) is 0 Å². The number of carboxylic acids is 1. The van der Waals surface area contributed by atoms with E-state index in [1.807, 2.05) is 33.3 Å². The second-order valence-corrected chi connectivity index (χ2v) is 17.7. The Morgan fingerprint density at radius 3 is 1.38 bits per heavy atom. The van der Waals surface area contributed by atoms with Crippen molar-refractivity contribution >= 4 is 17.9 Å². The van der Waals surface area contributed by atoms with Gasteiger partial charge in [-0.1, -0.05) is 182 Å². The highest BCUT2D eigenvalue weighted by Crippen LogP contribution is 2.14. The molecule has 8 heteroatoms. The van der Waals surface area contributed by atoms with Crippen LogP contribution < -0.4 is 0 Å². The number of carbonyl (C=O) groups is 3. The fourth-order valence-electron chi connectivity index (χ4n) is 6.94. The van der Waals surface area contributed by atoms with Crippen molar-refractivity contribution in [1.82, 2.24) is 0 Å². The Bertz CT molecular complexity index is 1300. The third-order valence-corrected chi connectivity index (χ3v) is 10.8. The highest BCUT2D eigenvalue weighted by molar-refractivity contribution is 5.72. The molecule has 0 rings (SSSR count). The molecule has 0 aliphatic rings. The predicted octanol–water partition coefficient (Wildman–Crippen LogP) is 14.5. The predicted molar refractivity (Wildman–Crippen MR) is 266 cm³/mol. The molecule has 0 radical (unpaired) electrons. The van der Waals surface area contributed by atoms with Gasteiger partial charge in [0.15, 0.2) is 12.1 Å². The van der Waals surface area contributed by atoms with Crippen LogP contribution in [0.2, 0.25) is 0 Å². The van der Waals surface area contributed by atoms with Crippen molar-refractivity contribution in [2.75, 3.05) is 41.0 Å². The number of esters is 2. The van der Waals surface area contributed by atoms with E-state index in [2.05, 4.69) is 86.8 Å². The second kappa shape index (κ2) is 45.1. The molecule has 8 nitrogen and oxygen atoms in total. The van der Waals surface area contributed by atoms with Crippen LogP contribution in [-0.2, 0) is 28.6 Å². The van der Waals surface area contributed by atoms with Crippen LogP contribution in [0.15, 0.2) is 85.1 Å². The second-order valence-electron chi connectivity index (χ2n) is 17.7. The van der Waals surface area contributed by atoms with Crippen molar-refractivity contribution in [1.29, 1.82) is 0 Å². The maximum absolute atomic E-state index is 12.7. The summed E-state index contributed by atoms with van der Waals surface area (Å²) >= 11 is 0. The Kier molecular flexibility index (Phi) is 42.6. The van der Waals surface area contributed by atoms with Crippen LogP contribution >= 0.6 is 0 Å². The molecule has 0 heterocycles. The molecular formula is C55H94NO7+. The standard InChI is InChI=1S/C55H93NO7/c1-6-8-10-12-14-16-18-20-22-24-26-28-29-31-33-35-37-39-41-43-45-53(57)62-50-51(49-61-48-47-52(55(59)60)56(3,4)5)63-54(58)46-44-42-40-38-36-34-32-30-27-25-23-21-19-17-15-13-11-9-7-2/h9,11,15,17,21,23,26-28,30,34,36,40,42,51-52H,6-8,10,12-14,16,18-20,22,24-25,29,31-33,35,37-39,41,43-50H2,1-5H3/p+1/b11-9+,17-15+,23-21+,28-26+,30-27+,36-34+,42-40+. The zero-order valence-corrected chi connectivity index (χ0v) is 41.0. The van der Waals surface area contributed by atoms with Crippen molar-refractivity contribution in [2.24, 2.45) is 0 Å². The topological polar surface area (TPSA) is 99.1 Å². The number of hydrogen-bond donors (Lipinski definition) is 1. The Morgan fingerprint density at radius 2 is 0.921 bits per heavy atom. The molecule has 0 fully saturated rings. The van der Waals surface area contributed by atoms with Gasteiger partial charge in [0, 0.05) is 19.3 Å². The van der Waals surface area contributed by atoms with E-state index in [1.54, 1.807) is 0 Å². The van der Waals surface area contributed by atoms with E-state index >= 15 is 0 Å². The molecule has 2 unspecified atom stereocenters. The van der Waals surface area contributed by atoms with E-state index in [-0.39, 0.29) is 42.7 Å². The van der Waals surface area contributed by atoms with Gasteiger partial charge in [-0.25, -0.2) is 4.79 Å². The number of carboxylic acid groups (broad SMARTS) is 1. The fourth-order valence-corrected chi connectivity index (χ4v) is 6.94. The van der Waals surface area contributed by atoms with Crippen molar-refractivity contribution in [2.45, 2.75) is 206 Å². The lowest BCUT2D eigenvalue weighted by Crippen LogP contribution is -2.50. The van der Waals surface area contributed by atoms with E-state index in [0.717, 1.165) is 57.8 Å². The smallest absolute Gasteiger partial charge is 0.362 e. The van der Waals surface area contributed by atoms with Gasteiger partial charge in [-0.3, -0.25) is 9.59 Å². The van der Waals surface area contributed by atoms with E-state index in [0.29, 0.717) is 19.3 Å². The molecule has 63 heavy (non-hydrogen) atoms. The quantitative estimate of drug-likeness (QED) is 0.0282. The molecule has 0 aromatic carbocycles. The summed E-state index contributed by atoms with van der Waals surface area (Å²) in [6.07, 6.45) is 59.4. The largest absolute Gasteiger partial charge is 0.477 e. The first-order chi connectivity index (χ1) is 30.6. The highest BCUT2D eigenvalue weighted by Gasteiger charge is 2.31. The first kappa shape index (κ1) is 59.5. The van der Waals surface area contributed by atoms with Gasteiger partial charge in [-0.15, -0.1) is 0 Å². The summed E-state index contributed by atoms with van der Waals surface area (Å²) < 4.78 is 17.2. The minimum atomic E-state index is -0.889. The van der Waals surface area contributed by atoms with Crippen molar-refractivity contribution in [3.63, 3.8) is 0 Å². The monoisotopic (exact) mass is 881 g/mol. The molecule has 0 aliphatic carbocycles. The minimum absolute atomic E-state index is 0.0253. The van der Waals surface area contributed by atoms with Gasteiger partial charge >= 0.3 is 17.9 Å². The maximum atomic E-state index is 12.7. The van der Waals surface area contributed by atoms with Crippen LogP contribution in [0.1, 0.15) is 194 Å². The normalized spacial score (nSPS) is 13.6. The molecule has 360 valence electrons. The number of ether oxygens (including phenoxy) is 3. The molecule has 0 aromatic rings. The van der Waals surface area contributed by atoms with E-state index < -0.39 is 18.1 Å². The lowest BCUT2D eigenvalue weighted by Gasteiger charge is -2.31. The zero-order valence-electron chi connectivity index (χ0n) is 41.0. The minimum Gasteiger partial charge on any atom is -0.477 e. The van der Waals surface area contributed by atoms with Crippen LogP contribution in [0.4, 0.5) is 0 Å². The summed E-state index contributed by atoms with van der Waals surface area (Å²) in [5, 5.41) is 9.65.